The Morgan fingerprint density at radius 2 is 2.35 bits per heavy atom. The van der Waals surface area contributed by atoms with Gasteiger partial charge in [0.05, 0.1) is 0 Å². The summed E-state index contributed by atoms with van der Waals surface area (Å²) in [5, 5.41) is 12.4. The van der Waals surface area contributed by atoms with Crippen molar-refractivity contribution in [2.45, 2.75) is 18.9 Å². The van der Waals surface area contributed by atoms with E-state index in [0.717, 1.165) is 30.2 Å². The molecule has 1 fully saturated rings. The summed E-state index contributed by atoms with van der Waals surface area (Å²) < 4.78 is 9.04. The van der Waals surface area contributed by atoms with Crippen LogP contribution in [-0.4, -0.2) is 54.7 Å². The van der Waals surface area contributed by atoms with Crippen LogP contribution in [0.25, 0.3) is 0 Å². The Morgan fingerprint density at radius 1 is 1.60 bits per heavy atom. The molecule has 1 unspecified atom stereocenters. The van der Waals surface area contributed by atoms with Gasteiger partial charge in [-0.3, -0.25) is 0 Å². The Bertz CT molecular complexity index is 531. The van der Waals surface area contributed by atoms with E-state index < -0.39 is 13.1 Å². The van der Waals surface area contributed by atoms with Crippen LogP contribution >= 0.6 is 18.6 Å². The third kappa shape index (κ3) is 4.49. The number of nitrogens with zero attached hydrogens (tertiary/aromatic N) is 3. The zero-order valence-corrected chi connectivity index (χ0v) is 13.7. The second kappa shape index (κ2) is 6.14. The summed E-state index contributed by atoms with van der Waals surface area (Å²) in [6, 6.07) is 2.01. The molecule has 2 heterocycles. The molecule has 112 valence electrons. The highest BCUT2D eigenvalue weighted by atomic mass is 32.1. The van der Waals surface area contributed by atoms with Gasteiger partial charge in [0.25, 0.3) is 0 Å². The number of anilines is 1. The molecular weight excluding hydrogens is 295 g/mol. The van der Waals surface area contributed by atoms with Gasteiger partial charge >= 0.3 is 6.09 Å². The molecule has 0 radical (unpaired) electrons. The molecule has 2 rings (SSSR count). The fourth-order valence-electron chi connectivity index (χ4n) is 2.23. The summed E-state index contributed by atoms with van der Waals surface area (Å²) in [5.74, 6) is 0.805. The molecule has 1 aliphatic rings. The number of piperidine rings is 1. The first-order valence-corrected chi connectivity index (χ1v) is 10.4. The maximum Gasteiger partial charge on any atom is 0.404 e. The number of aromatic nitrogens is 1. The Hall–Kier alpha value is -1.07. The summed E-state index contributed by atoms with van der Waals surface area (Å²) >= 11 is 1.44. The average Bonchev–Trinajstić information content (AvgIpc) is 2.74. The molecule has 0 bridgehead atoms. The van der Waals surface area contributed by atoms with Crippen LogP contribution in [-0.2, 0) is 0 Å². The zero-order chi connectivity index (χ0) is 14.8. The van der Waals surface area contributed by atoms with Crippen molar-refractivity contribution < 1.29 is 9.90 Å². The lowest BCUT2D eigenvalue weighted by Crippen LogP contribution is -2.47. The second-order valence-corrected chi connectivity index (χ2v) is 10.7. The van der Waals surface area contributed by atoms with Gasteiger partial charge in [0.15, 0.2) is 5.82 Å². The maximum atomic E-state index is 10.7. The summed E-state index contributed by atoms with van der Waals surface area (Å²) in [6.07, 6.45) is 0.933. The topological polar surface area (TPSA) is 77.8 Å². The number of rotatable bonds is 3. The lowest BCUT2D eigenvalue weighted by molar-refractivity contribution is 0.188. The first-order valence-electron chi connectivity index (χ1n) is 6.59. The third-order valence-electron chi connectivity index (χ3n) is 2.95. The number of hydrogen-bond acceptors (Lipinski definition) is 5. The van der Waals surface area contributed by atoms with Gasteiger partial charge in [-0.15, -0.1) is 0 Å². The largest absolute Gasteiger partial charge is 0.465 e. The van der Waals surface area contributed by atoms with Gasteiger partial charge in [-0.05, 0) is 51.4 Å². The standard InChI is InChI=1S/C12H21N4O2PS/c1-19(2,3)14-10-7-11(20-15-10)16-6-4-5-9(8-16)13-12(17)18/h7,9,13H,4-6,8H2,1-3H3,(H,17,18). The SMILES string of the molecule is CP(C)(C)=Nc1cc(N2CCCC(NC(=O)O)C2)sn1. The highest BCUT2D eigenvalue weighted by Gasteiger charge is 2.22. The number of carboxylic acid groups (broad SMARTS) is 1. The van der Waals surface area contributed by atoms with Gasteiger partial charge in [-0.1, -0.05) is 0 Å². The molecular formula is C12H21N4O2PS. The van der Waals surface area contributed by atoms with Gasteiger partial charge in [0.1, 0.15) is 5.00 Å². The molecule has 1 aromatic heterocycles. The fraction of sp³-hybridized carbons (Fsp3) is 0.667. The smallest absolute Gasteiger partial charge is 0.404 e. The zero-order valence-electron chi connectivity index (χ0n) is 12.0. The van der Waals surface area contributed by atoms with Crippen LogP contribution in [0.2, 0.25) is 0 Å². The van der Waals surface area contributed by atoms with E-state index in [-0.39, 0.29) is 6.04 Å². The van der Waals surface area contributed by atoms with Crippen LogP contribution in [0.4, 0.5) is 15.6 Å². The third-order valence-corrected chi connectivity index (χ3v) is 4.59. The van der Waals surface area contributed by atoms with Crippen molar-refractivity contribution in [3.8, 4) is 0 Å². The molecule has 0 aliphatic carbocycles. The summed E-state index contributed by atoms with van der Waals surface area (Å²) in [7, 11) is -1.23. The minimum Gasteiger partial charge on any atom is -0.465 e. The molecule has 6 nitrogen and oxygen atoms in total. The number of amides is 1. The number of hydrogen-bond donors (Lipinski definition) is 2. The van der Waals surface area contributed by atoms with Crippen LogP contribution in [0.1, 0.15) is 12.8 Å². The Balaban J connectivity index is 2.06. The Kier molecular flexibility index (Phi) is 4.70. The summed E-state index contributed by atoms with van der Waals surface area (Å²) in [6.45, 7) is 8.11. The van der Waals surface area contributed by atoms with Crippen molar-refractivity contribution in [1.82, 2.24) is 9.69 Å². The van der Waals surface area contributed by atoms with Gasteiger partial charge in [0, 0.05) is 25.2 Å². The van der Waals surface area contributed by atoms with Gasteiger partial charge in [0.2, 0.25) is 0 Å². The maximum absolute atomic E-state index is 10.7. The minimum atomic E-state index is -1.23. The average molecular weight is 316 g/mol. The molecule has 1 aliphatic heterocycles. The predicted molar refractivity (Wildman–Crippen MR) is 85.3 cm³/mol. The Labute approximate surface area is 123 Å². The number of nitrogens with one attached hydrogen (secondary N) is 1. The van der Waals surface area contributed by atoms with E-state index in [2.05, 4.69) is 39.3 Å². The van der Waals surface area contributed by atoms with Crippen molar-refractivity contribution in [3.63, 3.8) is 0 Å². The van der Waals surface area contributed by atoms with Gasteiger partial charge < -0.3 is 15.3 Å². The summed E-state index contributed by atoms with van der Waals surface area (Å²) in [4.78, 5) is 12.9. The van der Waals surface area contributed by atoms with E-state index in [1.165, 1.54) is 11.5 Å². The van der Waals surface area contributed by atoms with Crippen molar-refractivity contribution in [3.05, 3.63) is 6.07 Å². The molecule has 20 heavy (non-hydrogen) atoms. The molecule has 1 saturated heterocycles. The van der Waals surface area contributed by atoms with Crippen LogP contribution in [0, 0.1) is 0 Å². The molecule has 0 saturated carbocycles. The van der Waals surface area contributed by atoms with Crippen molar-refractivity contribution in [2.24, 2.45) is 4.74 Å². The highest BCUT2D eigenvalue weighted by molar-refractivity contribution is 7.64. The van der Waals surface area contributed by atoms with E-state index in [9.17, 15) is 4.79 Å². The molecule has 8 heteroatoms. The van der Waals surface area contributed by atoms with Crippen molar-refractivity contribution in [2.75, 3.05) is 38.0 Å². The van der Waals surface area contributed by atoms with Crippen LogP contribution < -0.4 is 10.2 Å². The fourth-order valence-corrected chi connectivity index (χ4v) is 3.73. The first-order chi connectivity index (χ1) is 9.33. The normalized spacial score (nSPS) is 19.8. The molecule has 1 atom stereocenters. The number of carbonyl (C=O) groups is 1. The van der Waals surface area contributed by atoms with Crippen LogP contribution in [0.3, 0.4) is 0 Å². The lowest BCUT2D eigenvalue weighted by atomic mass is 10.1. The Morgan fingerprint density at radius 3 is 3.00 bits per heavy atom. The van der Waals surface area contributed by atoms with Gasteiger partial charge in [-0.2, -0.15) is 4.37 Å². The molecule has 1 aromatic rings. The van der Waals surface area contributed by atoms with E-state index in [1.807, 2.05) is 6.07 Å². The van der Waals surface area contributed by atoms with E-state index in [1.54, 1.807) is 0 Å². The lowest BCUT2D eigenvalue weighted by Gasteiger charge is -2.32. The van der Waals surface area contributed by atoms with Crippen LogP contribution in [0.5, 0.6) is 0 Å². The first kappa shape index (κ1) is 15.3. The molecule has 0 aromatic carbocycles. The van der Waals surface area contributed by atoms with E-state index in [0.29, 0.717) is 6.54 Å². The quantitative estimate of drug-likeness (QED) is 0.840. The predicted octanol–water partition coefficient (Wildman–Crippen LogP) is 3.10. The van der Waals surface area contributed by atoms with E-state index >= 15 is 0 Å². The monoisotopic (exact) mass is 316 g/mol. The highest BCUT2D eigenvalue weighted by Crippen LogP contribution is 2.41. The molecule has 2 N–H and O–H groups in total. The van der Waals surface area contributed by atoms with Crippen molar-refractivity contribution in [1.29, 1.82) is 0 Å². The molecule has 0 spiro atoms. The second-order valence-electron chi connectivity index (χ2n) is 5.80. The molecule has 1 amide bonds. The van der Waals surface area contributed by atoms with Gasteiger partial charge in [-0.25, -0.2) is 9.54 Å². The van der Waals surface area contributed by atoms with Crippen molar-refractivity contribution >= 4 is 35.5 Å². The minimum absolute atomic E-state index is 0.00106. The summed E-state index contributed by atoms with van der Waals surface area (Å²) in [5.41, 5.74) is 0. The van der Waals surface area contributed by atoms with E-state index in [4.69, 9.17) is 5.11 Å². The van der Waals surface area contributed by atoms with Crippen LogP contribution in [0.15, 0.2) is 10.8 Å².